The highest BCUT2D eigenvalue weighted by Crippen LogP contribution is 2.48. The van der Waals surface area contributed by atoms with Crippen LogP contribution in [0.5, 0.6) is 11.5 Å². The van der Waals surface area contributed by atoms with Gasteiger partial charge >= 0.3 is 0 Å². The van der Waals surface area contributed by atoms with Gasteiger partial charge in [-0.1, -0.05) is 54.1 Å². The lowest BCUT2D eigenvalue weighted by Gasteiger charge is -2.45. The minimum absolute atomic E-state index is 0.0902. The van der Waals surface area contributed by atoms with Crippen molar-refractivity contribution in [3.05, 3.63) is 106 Å². The van der Waals surface area contributed by atoms with Crippen molar-refractivity contribution < 1.29 is 24.4 Å². The highest BCUT2D eigenvalue weighted by atomic mass is 35.5. The number of rotatable bonds is 18. The average Bonchev–Trinajstić information content (AvgIpc) is 3.21. The van der Waals surface area contributed by atoms with E-state index in [-0.39, 0.29) is 26.4 Å². The van der Waals surface area contributed by atoms with E-state index in [0.717, 1.165) is 94.1 Å². The van der Waals surface area contributed by atoms with Crippen molar-refractivity contribution in [2.45, 2.75) is 37.0 Å². The van der Waals surface area contributed by atoms with Crippen molar-refractivity contribution in [1.29, 1.82) is 5.26 Å². The number of aliphatic hydroxyl groups excluding tert-OH is 2. The Morgan fingerprint density at radius 3 is 2.16 bits per heavy atom. The predicted octanol–water partition coefficient (Wildman–Crippen LogP) is 5.08. The van der Waals surface area contributed by atoms with Crippen LogP contribution in [0.2, 0.25) is 5.02 Å². The molecule has 0 bridgehead atoms. The summed E-state index contributed by atoms with van der Waals surface area (Å²) in [5, 5.41) is 28.6. The second-order valence-electron chi connectivity index (χ2n) is 14.8. The fourth-order valence-electron chi connectivity index (χ4n) is 7.63. The van der Waals surface area contributed by atoms with Crippen LogP contribution < -0.4 is 9.47 Å². The zero-order valence-electron chi connectivity index (χ0n) is 32.3. The number of nitriles is 1. The summed E-state index contributed by atoms with van der Waals surface area (Å²) in [6, 6.07) is 17.8. The minimum Gasteiger partial charge on any atom is -0.488 e. The Morgan fingerprint density at radius 1 is 0.839 bits per heavy atom. The first kappa shape index (κ1) is 42.1. The molecule has 2 unspecified atom stereocenters. The van der Waals surface area contributed by atoms with E-state index in [4.69, 9.17) is 37.4 Å². The maximum absolute atomic E-state index is 9.43. The van der Waals surface area contributed by atoms with E-state index in [2.05, 4.69) is 42.8 Å². The number of benzene rings is 2. The first-order chi connectivity index (χ1) is 27.2. The van der Waals surface area contributed by atoms with Crippen LogP contribution in [0.1, 0.15) is 35.6 Å². The fourth-order valence-corrected chi connectivity index (χ4v) is 8.21. The third-order valence-corrected chi connectivity index (χ3v) is 11.8. The van der Waals surface area contributed by atoms with Gasteiger partial charge in [-0.3, -0.25) is 19.7 Å². The molecule has 2 saturated heterocycles. The van der Waals surface area contributed by atoms with Crippen LogP contribution in [0.4, 0.5) is 0 Å². The first-order valence-corrected chi connectivity index (χ1v) is 20.3. The van der Waals surface area contributed by atoms with E-state index >= 15 is 0 Å². The number of hydrogen-bond acceptors (Lipinski definition) is 11. The van der Waals surface area contributed by atoms with Crippen LogP contribution in [0.3, 0.4) is 0 Å². The molecule has 3 aromatic rings. The van der Waals surface area contributed by atoms with Crippen molar-refractivity contribution in [2.75, 3.05) is 98.4 Å². The summed E-state index contributed by atoms with van der Waals surface area (Å²) in [6.07, 6.45) is 10.1. The lowest BCUT2D eigenvalue weighted by atomic mass is 9.76. The molecule has 13 heteroatoms. The molecule has 1 aliphatic carbocycles. The first-order valence-electron chi connectivity index (χ1n) is 19.5. The maximum Gasteiger partial charge on any atom is 0.143 e. The van der Waals surface area contributed by atoms with E-state index in [1.807, 2.05) is 55.5 Å². The van der Waals surface area contributed by atoms with Crippen LogP contribution in [0.15, 0.2) is 79.2 Å². The summed E-state index contributed by atoms with van der Waals surface area (Å²) in [4.78, 5) is 12.6. The Balaban J connectivity index is 1.22. The zero-order chi connectivity index (χ0) is 39.4. The third kappa shape index (κ3) is 10.7. The number of halogens is 2. The number of β-amino-alcohol motifs (C(OH)–C–C–N with tert-alkyl or cyclic N) is 2. The van der Waals surface area contributed by atoms with Crippen molar-refractivity contribution in [3.63, 3.8) is 0 Å². The number of allylic oxidation sites excluding steroid dienone is 2. The van der Waals surface area contributed by atoms with Crippen molar-refractivity contribution >= 4 is 28.8 Å². The molecule has 0 amide bonds. The summed E-state index contributed by atoms with van der Waals surface area (Å²) in [5.74, 6) is 1.07. The van der Waals surface area contributed by atoms with Crippen molar-refractivity contribution in [2.24, 2.45) is 0 Å². The number of ether oxygens (including phenoxy) is 3. The highest BCUT2D eigenvalue weighted by Gasteiger charge is 2.51. The molecule has 2 aliphatic heterocycles. The predicted molar refractivity (Wildman–Crippen MR) is 220 cm³/mol. The number of piperazine rings is 2. The SMILES string of the molecule is CC1(Cl)C(c2ccccc2)=CC=CC1(COc1cc(OCc2cncc(C#N)c2)c(CN2CCN(CCO)CC2)cc1Cl)OCCCN1CCN(CCO)CC1. The molecule has 0 spiro atoms. The fraction of sp³-hybridized carbons (Fsp3) is 0.488. The van der Waals surface area contributed by atoms with Crippen LogP contribution >= 0.6 is 23.2 Å². The van der Waals surface area contributed by atoms with E-state index in [1.165, 1.54) is 6.20 Å². The Hall–Kier alpha value is -3.54. The minimum atomic E-state index is -1.05. The van der Waals surface area contributed by atoms with Crippen molar-refractivity contribution in [3.8, 4) is 17.6 Å². The molecule has 3 aliphatic rings. The number of aromatic nitrogens is 1. The van der Waals surface area contributed by atoms with Crippen LogP contribution in [-0.2, 0) is 17.9 Å². The number of alkyl halides is 1. The van der Waals surface area contributed by atoms with Gasteiger partial charge in [0.1, 0.15) is 41.3 Å². The second kappa shape index (κ2) is 20.2. The van der Waals surface area contributed by atoms with Crippen molar-refractivity contribution in [1.82, 2.24) is 24.6 Å². The summed E-state index contributed by atoms with van der Waals surface area (Å²) < 4.78 is 20.0. The van der Waals surface area contributed by atoms with Crippen LogP contribution in [-0.4, -0.2) is 144 Å². The number of hydrogen-bond donors (Lipinski definition) is 2. The Bertz CT molecular complexity index is 1820. The lowest BCUT2D eigenvalue weighted by molar-refractivity contribution is -0.0548. The summed E-state index contributed by atoms with van der Waals surface area (Å²) >= 11 is 14.7. The molecule has 3 heterocycles. The molecule has 2 fully saturated rings. The quantitative estimate of drug-likeness (QED) is 0.133. The molecule has 0 radical (unpaired) electrons. The standard InChI is InChI=1S/C43H54Cl2N6O5/c1-42(45)38(36-7-3-2-4-8-36)9-5-10-43(42,56-24-6-11-48-12-14-49(15-13-48)20-22-52)33-55-41-27-40(54-32-35-25-34(28-46)29-47-30-35)37(26-39(41)44)31-51-18-16-50(17-19-51)21-23-53/h2-5,7-10,25-27,29-30,52-53H,6,11-24,31-33H2,1H3. The largest absolute Gasteiger partial charge is 0.488 e. The molecule has 11 nitrogen and oxygen atoms in total. The molecule has 1 aromatic heterocycles. The second-order valence-corrected chi connectivity index (χ2v) is 16.0. The molecule has 2 aromatic carbocycles. The van der Waals surface area contributed by atoms with Crippen LogP contribution in [0, 0.1) is 11.3 Å². The summed E-state index contributed by atoms with van der Waals surface area (Å²) in [6.45, 7) is 13.2. The van der Waals surface area contributed by atoms with E-state index in [1.54, 1.807) is 12.3 Å². The lowest BCUT2D eigenvalue weighted by Crippen LogP contribution is -2.55. The molecule has 300 valence electrons. The van der Waals surface area contributed by atoms with Gasteiger partial charge in [0.2, 0.25) is 0 Å². The molecule has 6 rings (SSSR count). The highest BCUT2D eigenvalue weighted by molar-refractivity contribution is 6.32. The van der Waals surface area contributed by atoms with Crippen LogP contribution in [0.25, 0.3) is 5.57 Å². The van der Waals surface area contributed by atoms with Gasteiger partial charge in [0.05, 0.1) is 23.8 Å². The average molecular weight is 806 g/mol. The third-order valence-electron chi connectivity index (χ3n) is 11.0. The number of pyridine rings is 1. The van der Waals surface area contributed by atoms with E-state index in [9.17, 15) is 15.5 Å². The van der Waals surface area contributed by atoms with Gasteiger partial charge in [-0.2, -0.15) is 5.26 Å². The molecular formula is C43H54Cl2N6O5. The van der Waals surface area contributed by atoms with E-state index in [0.29, 0.717) is 41.8 Å². The zero-order valence-corrected chi connectivity index (χ0v) is 33.8. The smallest absolute Gasteiger partial charge is 0.143 e. The van der Waals surface area contributed by atoms with Gasteiger partial charge < -0.3 is 29.3 Å². The Kier molecular flexibility index (Phi) is 15.2. The van der Waals surface area contributed by atoms with E-state index < -0.39 is 10.5 Å². The van der Waals surface area contributed by atoms with Gasteiger partial charge in [-0.05, 0) is 42.7 Å². The monoisotopic (exact) mass is 804 g/mol. The van der Waals surface area contributed by atoms with Gasteiger partial charge in [0.25, 0.3) is 0 Å². The normalized spacial score (nSPS) is 22.5. The molecule has 56 heavy (non-hydrogen) atoms. The molecule has 2 atom stereocenters. The Labute approximate surface area is 341 Å². The number of aliphatic hydroxyl groups is 2. The van der Waals surface area contributed by atoms with Gasteiger partial charge in [-0.15, -0.1) is 11.6 Å². The maximum atomic E-state index is 9.43. The summed E-state index contributed by atoms with van der Waals surface area (Å²) in [5.41, 5.74) is 3.05. The summed E-state index contributed by atoms with van der Waals surface area (Å²) in [7, 11) is 0. The Morgan fingerprint density at radius 2 is 1.50 bits per heavy atom. The number of nitrogens with zero attached hydrogens (tertiary/aromatic N) is 6. The molecule has 2 N–H and O–H groups in total. The molecular weight excluding hydrogens is 751 g/mol. The van der Waals surface area contributed by atoms with Gasteiger partial charge in [-0.25, -0.2) is 0 Å². The topological polar surface area (TPSA) is 118 Å². The van der Waals surface area contributed by atoms with Gasteiger partial charge in [0, 0.05) is 115 Å². The molecule has 0 saturated carbocycles. The van der Waals surface area contributed by atoms with Gasteiger partial charge in [0.15, 0.2) is 0 Å².